The molecule has 0 unspecified atom stereocenters. The van der Waals surface area contributed by atoms with E-state index in [0.29, 0.717) is 23.3 Å². The van der Waals surface area contributed by atoms with Crippen molar-refractivity contribution in [3.63, 3.8) is 0 Å². The molecule has 0 amide bonds. The molecule has 3 aromatic rings. The van der Waals surface area contributed by atoms with Gasteiger partial charge in [-0.1, -0.05) is 13.8 Å². The second kappa shape index (κ2) is 10.0. The lowest BCUT2D eigenvalue weighted by Crippen LogP contribution is -2.50. The Kier molecular flexibility index (Phi) is 6.90. The van der Waals surface area contributed by atoms with Gasteiger partial charge >= 0.3 is 0 Å². The summed E-state index contributed by atoms with van der Waals surface area (Å²) in [6, 6.07) is 7.71. The van der Waals surface area contributed by atoms with E-state index in [4.69, 9.17) is 15.1 Å². The van der Waals surface area contributed by atoms with E-state index in [2.05, 4.69) is 51.6 Å². The second-order valence-electron chi connectivity index (χ2n) is 8.59. The van der Waals surface area contributed by atoms with Gasteiger partial charge in [0.05, 0.1) is 35.7 Å². The molecule has 0 spiro atoms. The molecule has 172 valence electrons. The summed E-state index contributed by atoms with van der Waals surface area (Å²) in [7, 11) is 3.87. The minimum absolute atomic E-state index is 0.188. The number of aromatic nitrogens is 4. The first kappa shape index (κ1) is 22.8. The van der Waals surface area contributed by atoms with Crippen LogP contribution in [-0.2, 0) is 4.74 Å². The zero-order valence-electron chi connectivity index (χ0n) is 19.5. The fourth-order valence-corrected chi connectivity index (χ4v) is 3.63. The minimum atomic E-state index is 0.188. The van der Waals surface area contributed by atoms with Crippen LogP contribution < -0.4 is 10.6 Å². The summed E-state index contributed by atoms with van der Waals surface area (Å²) >= 11 is 0. The molecule has 4 heterocycles. The monoisotopic (exact) mass is 446 g/mol. The number of rotatable bonds is 9. The van der Waals surface area contributed by atoms with Gasteiger partial charge in [-0.3, -0.25) is 4.98 Å². The predicted octanol–water partition coefficient (Wildman–Crippen LogP) is 3.20. The number of hydrogen-bond acceptors (Lipinski definition) is 9. The Morgan fingerprint density at radius 3 is 2.76 bits per heavy atom. The largest absolute Gasteiger partial charge is 0.393 e. The Bertz CT molecular complexity index is 1170. The number of likely N-dealkylation sites (N-methyl/N-ethyl adjacent to an activating group) is 1. The van der Waals surface area contributed by atoms with E-state index in [-0.39, 0.29) is 12.7 Å². The number of hydrogen-bond donors (Lipinski definition) is 3. The molecule has 0 aliphatic carbocycles. The third kappa shape index (κ3) is 5.50. The topological polar surface area (TPSA) is 112 Å². The molecule has 9 heteroatoms. The van der Waals surface area contributed by atoms with Gasteiger partial charge in [0.1, 0.15) is 5.82 Å². The Balaban J connectivity index is 1.54. The van der Waals surface area contributed by atoms with Crippen LogP contribution in [-0.4, -0.2) is 70.7 Å². The summed E-state index contributed by atoms with van der Waals surface area (Å²) in [5.74, 6) is 1.66. The van der Waals surface area contributed by atoms with Crippen LogP contribution in [0.3, 0.4) is 0 Å². The molecular formula is C24H30N8O. The lowest BCUT2D eigenvalue weighted by atomic mass is 10.0. The molecule has 3 N–H and O–H groups in total. The van der Waals surface area contributed by atoms with Crippen LogP contribution in [0.25, 0.3) is 16.6 Å². The first-order valence-corrected chi connectivity index (χ1v) is 11.0. The molecule has 0 bridgehead atoms. The van der Waals surface area contributed by atoms with Gasteiger partial charge < -0.3 is 25.7 Å². The SMILES string of the molecule is CN/C=C(\C(=N)COC1CN(C)C1)c1cnc2ccc(Nc3cc(C(C)C)cnn3)nc2c1. The van der Waals surface area contributed by atoms with Gasteiger partial charge in [0.15, 0.2) is 5.82 Å². The van der Waals surface area contributed by atoms with Crippen molar-refractivity contribution in [2.45, 2.75) is 25.9 Å². The first-order valence-electron chi connectivity index (χ1n) is 11.0. The van der Waals surface area contributed by atoms with Crippen molar-refractivity contribution in [3.05, 3.63) is 54.0 Å². The Morgan fingerprint density at radius 1 is 1.21 bits per heavy atom. The molecule has 1 aliphatic heterocycles. The maximum Gasteiger partial charge on any atom is 0.154 e. The molecule has 33 heavy (non-hydrogen) atoms. The highest BCUT2D eigenvalue weighted by Gasteiger charge is 2.24. The molecule has 1 fully saturated rings. The Morgan fingerprint density at radius 2 is 2.03 bits per heavy atom. The normalized spacial score (nSPS) is 15.0. The molecule has 9 nitrogen and oxygen atoms in total. The number of ether oxygens (including phenoxy) is 1. The molecule has 0 radical (unpaired) electrons. The van der Waals surface area contributed by atoms with Crippen LogP contribution in [0.4, 0.5) is 11.6 Å². The summed E-state index contributed by atoms with van der Waals surface area (Å²) in [6.45, 7) is 6.29. The average molecular weight is 447 g/mol. The summed E-state index contributed by atoms with van der Waals surface area (Å²) < 4.78 is 5.86. The Hall–Kier alpha value is -3.43. The average Bonchev–Trinajstić information content (AvgIpc) is 2.79. The highest BCUT2D eigenvalue weighted by atomic mass is 16.5. The lowest BCUT2D eigenvalue weighted by Gasteiger charge is -2.35. The third-order valence-electron chi connectivity index (χ3n) is 5.55. The first-order chi connectivity index (χ1) is 15.9. The van der Waals surface area contributed by atoms with Crippen molar-refractivity contribution in [1.82, 2.24) is 30.4 Å². The smallest absolute Gasteiger partial charge is 0.154 e. The van der Waals surface area contributed by atoms with Crippen LogP contribution in [0.15, 0.2) is 42.9 Å². The van der Waals surface area contributed by atoms with Crippen molar-refractivity contribution in [1.29, 1.82) is 5.41 Å². The molecule has 1 aliphatic rings. The van der Waals surface area contributed by atoms with Crippen LogP contribution in [0, 0.1) is 5.41 Å². The number of pyridine rings is 2. The van der Waals surface area contributed by atoms with Crippen molar-refractivity contribution < 1.29 is 4.74 Å². The van der Waals surface area contributed by atoms with Crippen LogP contribution in [0.2, 0.25) is 0 Å². The van der Waals surface area contributed by atoms with Crippen molar-refractivity contribution in [3.8, 4) is 0 Å². The van der Waals surface area contributed by atoms with Gasteiger partial charge in [-0.05, 0) is 42.8 Å². The van der Waals surface area contributed by atoms with Gasteiger partial charge in [-0.2, -0.15) is 5.10 Å². The zero-order chi connectivity index (χ0) is 23.4. The number of likely N-dealkylation sites (tertiary alicyclic amines) is 1. The van der Waals surface area contributed by atoms with Crippen LogP contribution in [0.1, 0.15) is 30.9 Å². The van der Waals surface area contributed by atoms with E-state index >= 15 is 0 Å². The standard InChI is InChI=1S/C24H30N8O/c1-15(2)16-8-24(31-28-10-16)30-23-6-5-21-22(29-23)7-17(9-27-21)19(11-26-3)20(25)14-33-18-12-32(4)13-18/h5-11,15,18,25-26H,12-14H2,1-4H3,(H,29,30,31)/b19-11-,25-20?. The molecular weight excluding hydrogens is 416 g/mol. The maximum atomic E-state index is 8.56. The summed E-state index contributed by atoms with van der Waals surface area (Å²) in [4.78, 5) is 11.5. The lowest BCUT2D eigenvalue weighted by molar-refractivity contribution is -0.0271. The Labute approximate surface area is 193 Å². The second-order valence-corrected chi connectivity index (χ2v) is 8.59. The summed E-state index contributed by atoms with van der Waals surface area (Å²) in [5, 5.41) is 23.1. The predicted molar refractivity (Wildman–Crippen MR) is 131 cm³/mol. The maximum absolute atomic E-state index is 8.56. The number of anilines is 2. The summed E-state index contributed by atoms with van der Waals surface area (Å²) in [6.07, 6.45) is 5.53. The molecule has 0 aromatic carbocycles. The van der Waals surface area contributed by atoms with E-state index in [1.807, 2.05) is 31.3 Å². The molecule has 1 saturated heterocycles. The quantitative estimate of drug-likeness (QED) is 0.430. The van der Waals surface area contributed by atoms with Crippen LogP contribution >= 0.6 is 0 Å². The minimum Gasteiger partial charge on any atom is -0.393 e. The van der Waals surface area contributed by atoms with E-state index in [0.717, 1.165) is 40.8 Å². The molecule has 3 aromatic heterocycles. The van der Waals surface area contributed by atoms with Gasteiger partial charge in [0.25, 0.3) is 0 Å². The zero-order valence-corrected chi connectivity index (χ0v) is 19.5. The molecule has 4 rings (SSSR count). The highest BCUT2D eigenvalue weighted by Crippen LogP contribution is 2.23. The molecule has 0 atom stereocenters. The highest BCUT2D eigenvalue weighted by molar-refractivity contribution is 6.23. The van der Waals surface area contributed by atoms with Gasteiger partial charge in [-0.25, -0.2) is 4.98 Å². The number of nitrogens with zero attached hydrogens (tertiary/aromatic N) is 5. The fraction of sp³-hybridized carbons (Fsp3) is 0.375. The number of fused-ring (bicyclic) bond motifs is 1. The van der Waals surface area contributed by atoms with Gasteiger partial charge in [0.2, 0.25) is 0 Å². The van der Waals surface area contributed by atoms with Crippen molar-refractivity contribution in [2.24, 2.45) is 0 Å². The van der Waals surface area contributed by atoms with Crippen LogP contribution in [0.5, 0.6) is 0 Å². The van der Waals surface area contributed by atoms with E-state index in [1.165, 1.54) is 0 Å². The van der Waals surface area contributed by atoms with E-state index in [1.54, 1.807) is 18.6 Å². The summed E-state index contributed by atoms with van der Waals surface area (Å²) in [5.41, 5.74) is 4.54. The van der Waals surface area contributed by atoms with E-state index < -0.39 is 0 Å². The fourth-order valence-electron chi connectivity index (χ4n) is 3.63. The molecule has 0 saturated carbocycles. The van der Waals surface area contributed by atoms with Gasteiger partial charge in [0, 0.05) is 43.7 Å². The van der Waals surface area contributed by atoms with E-state index in [9.17, 15) is 0 Å². The third-order valence-corrected chi connectivity index (χ3v) is 5.55. The number of nitrogens with one attached hydrogen (secondary N) is 3. The van der Waals surface area contributed by atoms with Gasteiger partial charge in [-0.15, -0.1) is 5.10 Å². The van der Waals surface area contributed by atoms with Crippen molar-refractivity contribution in [2.75, 3.05) is 39.1 Å². The van der Waals surface area contributed by atoms with Crippen molar-refractivity contribution >= 4 is 34.0 Å².